The molecule has 0 aliphatic carbocycles. The molecule has 23 heavy (non-hydrogen) atoms. The van der Waals surface area contributed by atoms with Crippen LogP contribution in [0.25, 0.3) is 11.0 Å². The van der Waals surface area contributed by atoms with E-state index < -0.39 is 0 Å². The molecule has 5 heteroatoms. The van der Waals surface area contributed by atoms with Crippen molar-refractivity contribution in [2.24, 2.45) is 7.05 Å². The number of para-hydroxylation sites is 2. The standard InChI is InChI=1S/C18H19N3O2/c1-13-7-9-14(10-8-13)17(22)19-11-12-21-16-6-4-3-5-15(16)20(2)18(21)23/h3-10H,11-12H2,1-2H3,(H,19,22). The number of amides is 1. The summed E-state index contributed by atoms with van der Waals surface area (Å²) in [5, 5.41) is 2.86. The first kappa shape index (κ1) is 15.1. The van der Waals surface area contributed by atoms with E-state index in [1.807, 2.05) is 43.3 Å². The van der Waals surface area contributed by atoms with Crippen LogP contribution >= 0.6 is 0 Å². The molecular weight excluding hydrogens is 290 g/mol. The highest BCUT2D eigenvalue weighted by atomic mass is 16.2. The maximum atomic E-state index is 12.3. The lowest BCUT2D eigenvalue weighted by molar-refractivity contribution is 0.0952. The van der Waals surface area contributed by atoms with E-state index in [0.29, 0.717) is 18.7 Å². The summed E-state index contributed by atoms with van der Waals surface area (Å²) in [6, 6.07) is 15.1. The zero-order chi connectivity index (χ0) is 16.4. The van der Waals surface area contributed by atoms with E-state index in [1.54, 1.807) is 28.3 Å². The van der Waals surface area contributed by atoms with Gasteiger partial charge in [0.05, 0.1) is 11.0 Å². The lowest BCUT2D eigenvalue weighted by Crippen LogP contribution is -2.31. The summed E-state index contributed by atoms with van der Waals surface area (Å²) in [7, 11) is 1.76. The van der Waals surface area contributed by atoms with Crippen LogP contribution in [-0.4, -0.2) is 21.6 Å². The largest absolute Gasteiger partial charge is 0.350 e. The maximum absolute atomic E-state index is 12.3. The molecule has 0 saturated heterocycles. The van der Waals surface area contributed by atoms with Gasteiger partial charge in [0.2, 0.25) is 0 Å². The number of hydrogen-bond acceptors (Lipinski definition) is 2. The van der Waals surface area contributed by atoms with Crippen molar-refractivity contribution >= 4 is 16.9 Å². The van der Waals surface area contributed by atoms with Gasteiger partial charge in [-0.1, -0.05) is 29.8 Å². The molecule has 0 spiro atoms. The summed E-state index contributed by atoms with van der Waals surface area (Å²) in [5.41, 5.74) is 3.44. The number of imidazole rings is 1. The summed E-state index contributed by atoms with van der Waals surface area (Å²) in [4.78, 5) is 24.4. The van der Waals surface area contributed by atoms with E-state index >= 15 is 0 Å². The first-order valence-corrected chi connectivity index (χ1v) is 7.57. The summed E-state index contributed by atoms with van der Waals surface area (Å²) in [6.45, 7) is 2.83. The maximum Gasteiger partial charge on any atom is 0.328 e. The number of hydrogen-bond donors (Lipinski definition) is 1. The average Bonchev–Trinajstić information content (AvgIpc) is 2.81. The molecule has 1 aromatic heterocycles. The quantitative estimate of drug-likeness (QED) is 0.802. The molecule has 0 saturated carbocycles. The van der Waals surface area contributed by atoms with E-state index in [1.165, 1.54) is 0 Å². The predicted molar refractivity (Wildman–Crippen MR) is 90.7 cm³/mol. The SMILES string of the molecule is Cc1ccc(C(=O)NCCn2c(=O)n(C)c3ccccc32)cc1. The van der Waals surface area contributed by atoms with Crippen LogP contribution in [0.2, 0.25) is 0 Å². The van der Waals surface area contributed by atoms with Crippen LogP contribution in [0.3, 0.4) is 0 Å². The predicted octanol–water partition coefficient (Wildman–Crippen LogP) is 2.08. The molecule has 3 aromatic rings. The highest BCUT2D eigenvalue weighted by Gasteiger charge is 2.10. The van der Waals surface area contributed by atoms with Crippen LogP contribution in [0.5, 0.6) is 0 Å². The molecule has 0 aliphatic rings. The number of rotatable bonds is 4. The summed E-state index contributed by atoms with van der Waals surface area (Å²) in [6.07, 6.45) is 0. The van der Waals surface area contributed by atoms with E-state index in [4.69, 9.17) is 0 Å². The Morgan fingerprint density at radius 3 is 2.39 bits per heavy atom. The number of nitrogens with zero attached hydrogens (tertiary/aromatic N) is 2. The highest BCUT2D eigenvalue weighted by molar-refractivity contribution is 5.94. The second kappa shape index (κ2) is 6.12. The van der Waals surface area contributed by atoms with Crippen molar-refractivity contribution in [2.45, 2.75) is 13.5 Å². The van der Waals surface area contributed by atoms with Crippen LogP contribution in [-0.2, 0) is 13.6 Å². The number of carbonyl (C=O) groups is 1. The molecule has 118 valence electrons. The van der Waals surface area contributed by atoms with Crippen LogP contribution < -0.4 is 11.0 Å². The van der Waals surface area contributed by atoms with Gasteiger partial charge in [0.25, 0.3) is 5.91 Å². The molecule has 5 nitrogen and oxygen atoms in total. The minimum atomic E-state index is -0.127. The molecule has 3 rings (SSSR count). The summed E-state index contributed by atoms with van der Waals surface area (Å²) < 4.78 is 3.31. The zero-order valence-electron chi connectivity index (χ0n) is 13.2. The van der Waals surface area contributed by atoms with Gasteiger partial charge < -0.3 is 5.32 Å². The van der Waals surface area contributed by atoms with Gasteiger partial charge in [0, 0.05) is 25.7 Å². The van der Waals surface area contributed by atoms with Crippen molar-refractivity contribution in [1.82, 2.24) is 14.5 Å². The van der Waals surface area contributed by atoms with Crippen molar-refractivity contribution in [3.8, 4) is 0 Å². The van der Waals surface area contributed by atoms with Crippen LogP contribution in [0, 0.1) is 6.92 Å². The topological polar surface area (TPSA) is 56.0 Å². The highest BCUT2D eigenvalue weighted by Crippen LogP contribution is 2.11. The van der Waals surface area contributed by atoms with Gasteiger partial charge in [-0.25, -0.2) is 4.79 Å². The smallest absolute Gasteiger partial charge is 0.328 e. The van der Waals surface area contributed by atoms with Gasteiger partial charge >= 0.3 is 5.69 Å². The Hall–Kier alpha value is -2.82. The first-order valence-electron chi connectivity index (χ1n) is 7.57. The monoisotopic (exact) mass is 309 g/mol. The van der Waals surface area contributed by atoms with Crippen LogP contribution in [0.1, 0.15) is 15.9 Å². The first-order chi connectivity index (χ1) is 11.1. The number of nitrogens with one attached hydrogen (secondary N) is 1. The number of fused-ring (bicyclic) bond motifs is 1. The molecule has 0 aliphatic heterocycles. The third-order valence-corrected chi connectivity index (χ3v) is 3.99. The molecular formula is C18H19N3O2. The molecule has 1 N–H and O–H groups in total. The molecule has 0 radical (unpaired) electrons. The van der Waals surface area contributed by atoms with Gasteiger partial charge in [-0.05, 0) is 31.2 Å². The Labute approximate surface area is 134 Å². The fourth-order valence-corrected chi connectivity index (χ4v) is 2.67. The van der Waals surface area contributed by atoms with E-state index in [9.17, 15) is 9.59 Å². The van der Waals surface area contributed by atoms with Crippen LogP contribution in [0.4, 0.5) is 0 Å². The van der Waals surface area contributed by atoms with Crippen molar-refractivity contribution < 1.29 is 4.79 Å². The Balaban J connectivity index is 1.72. The Morgan fingerprint density at radius 1 is 1.04 bits per heavy atom. The fourth-order valence-electron chi connectivity index (χ4n) is 2.67. The van der Waals surface area contributed by atoms with E-state index in [-0.39, 0.29) is 11.6 Å². The minimum Gasteiger partial charge on any atom is -0.350 e. The number of benzene rings is 2. The second-order valence-corrected chi connectivity index (χ2v) is 5.60. The van der Waals surface area contributed by atoms with Crippen LogP contribution in [0.15, 0.2) is 53.3 Å². The van der Waals surface area contributed by atoms with E-state index in [0.717, 1.165) is 16.6 Å². The van der Waals surface area contributed by atoms with E-state index in [2.05, 4.69) is 5.32 Å². The molecule has 2 aromatic carbocycles. The Kier molecular flexibility index (Phi) is 4.02. The third kappa shape index (κ3) is 2.90. The average molecular weight is 309 g/mol. The van der Waals surface area contributed by atoms with Crippen molar-refractivity contribution in [2.75, 3.05) is 6.54 Å². The third-order valence-electron chi connectivity index (χ3n) is 3.99. The molecule has 1 amide bonds. The molecule has 0 bridgehead atoms. The number of aryl methyl sites for hydroxylation is 2. The minimum absolute atomic E-state index is 0.0733. The van der Waals surface area contributed by atoms with Gasteiger partial charge in [-0.2, -0.15) is 0 Å². The summed E-state index contributed by atoms with van der Waals surface area (Å²) in [5.74, 6) is -0.127. The van der Waals surface area contributed by atoms with Gasteiger partial charge in [-0.3, -0.25) is 13.9 Å². The fraction of sp³-hybridized carbons (Fsp3) is 0.222. The Morgan fingerprint density at radius 2 is 1.70 bits per heavy atom. The molecule has 0 atom stereocenters. The van der Waals surface area contributed by atoms with Crippen molar-refractivity contribution in [3.05, 3.63) is 70.1 Å². The lowest BCUT2D eigenvalue weighted by Gasteiger charge is -2.06. The molecule has 1 heterocycles. The van der Waals surface area contributed by atoms with Gasteiger partial charge in [0.1, 0.15) is 0 Å². The van der Waals surface area contributed by atoms with Gasteiger partial charge in [-0.15, -0.1) is 0 Å². The zero-order valence-corrected chi connectivity index (χ0v) is 13.2. The normalized spacial score (nSPS) is 10.9. The van der Waals surface area contributed by atoms with Crippen molar-refractivity contribution in [1.29, 1.82) is 0 Å². The van der Waals surface area contributed by atoms with Crippen molar-refractivity contribution in [3.63, 3.8) is 0 Å². The number of aromatic nitrogens is 2. The lowest BCUT2D eigenvalue weighted by atomic mass is 10.1. The van der Waals surface area contributed by atoms with Gasteiger partial charge in [0.15, 0.2) is 0 Å². The second-order valence-electron chi connectivity index (χ2n) is 5.60. The molecule has 0 unspecified atom stereocenters. The number of carbonyl (C=O) groups excluding carboxylic acids is 1. The Bertz CT molecular complexity index is 904. The molecule has 0 fully saturated rings. The summed E-state index contributed by atoms with van der Waals surface area (Å²) >= 11 is 0.